The van der Waals surface area contributed by atoms with E-state index < -0.39 is 11.7 Å². The molecule has 1 amide bonds. The molecule has 41 heavy (non-hydrogen) atoms. The maximum absolute atomic E-state index is 14.2. The molecule has 3 aromatic heterocycles. The molecule has 0 saturated carbocycles. The van der Waals surface area contributed by atoms with E-state index in [0.717, 1.165) is 14.8 Å². The van der Waals surface area contributed by atoms with Gasteiger partial charge in [0.15, 0.2) is 36.1 Å². The summed E-state index contributed by atoms with van der Waals surface area (Å²) in [5.74, 6) is 6.09. The smallest absolute Gasteiger partial charge is 0.410 e. The monoisotopic (exact) mass is 597 g/mol. The van der Waals surface area contributed by atoms with Gasteiger partial charge in [0.1, 0.15) is 5.60 Å². The first-order valence-electron chi connectivity index (χ1n) is 13.0. The molecule has 0 radical (unpaired) electrons. The van der Waals surface area contributed by atoms with E-state index in [2.05, 4.69) is 22.0 Å². The number of fused-ring (bicyclic) bond motifs is 1. The van der Waals surface area contributed by atoms with E-state index in [4.69, 9.17) is 9.72 Å². The van der Waals surface area contributed by atoms with Crippen molar-refractivity contribution in [3.05, 3.63) is 65.7 Å². The molecule has 1 unspecified atom stereocenters. The Labute approximate surface area is 246 Å². The normalized spacial score (nSPS) is 15.5. The predicted molar refractivity (Wildman–Crippen MR) is 157 cm³/mol. The van der Waals surface area contributed by atoms with Crippen LogP contribution in [0.15, 0.2) is 48.9 Å². The Hall–Kier alpha value is -3.76. The van der Waals surface area contributed by atoms with Crippen LogP contribution in [0.4, 0.5) is 18.4 Å². The van der Waals surface area contributed by atoms with Gasteiger partial charge in [-0.3, -0.25) is 4.68 Å². The molecular formula is C28H29F2N7O2S2. The standard InChI is InChI=1S/C28H29F2N7O2S2/c1-28(2,3)39-27(38)35-14-8-11-20(18-35)24-22(13-12-19-9-6-5-7-10-19)26(37(40-29)41-30)36-25(33-24)23(16-32-36)21-15-31-34(4)17-21/h5-7,9-10,15-17,20H,8,11,14,18H2,1-4H3. The van der Waals surface area contributed by atoms with Crippen LogP contribution in [0.2, 0.25) is 0 Å². The highest BCUT2D eigenvalue weighted by Gasteiger charge is 2.33. The summed E-state index contributed by atoms with van der Waals surface area (Å²) >= 11 is -0.572. The fourth-order valence-electron chi connectivity index (χ4n) is 4.77. The van der Waals surface area contributed by atoms with Crippen LogP contribution in [0.3, 0.4) is 0 Å². The number of carbonyl (C=O) groups is 1. The molecule has 5 rings (SSSR count). The van der Waals surface area contributed by atoms with Crippen molar-refractivity contribution in [3.8, 4) is 23.0 Å². The third-order valence-corrected chi connectivity index (χ3v) is 7.46. The summed E-state index contributed by atoms with van der Waals surface area (Å²) in [6.07, 6.45) is 6.07. The van der Waals surface area contributed by atoms with Crippen molar-refractivity contribution >= 4 is 42.2 Å². The second-order valence-electron chi connectivity index (χ2n) is 10.7. The Morgan fingerprint density at radius 1 is 1.12 bits per heavy atom. The number of benzene rings is 1. The number of rotatable bonds is 5. The SMILES string of the molecule is Cn1cc(-c2cnn3c(N(SF)SF)c(C#Cc4ccccc4)c(C4CCCN(C(=O)OC(C)(C)C)C4)nc23)cn1. The average molecular weight is 598 g/mol. The van der Waals surface area contributed by atoms with E-state index in [0.29, 0.717) is 48.4 Å². The van der Waals surface area contributed by atoms with Crippen LogP contribution in [0.5, 0.6) is 0 Å². The van der Waals surface area contributed by atoms with E-state index in [1.807, 2.05) is 57.3 Å². The fraction of sp³-hybridized carbons (Fsp3) is 0.357. The van der Waals surface area contributed by atoms with Crippen LogP contribution >= 0.6 is 24.7 Å². The van der Waals surface area contributed by atoms with Gasteiger partial charge in [-0.1, -0.05) is 30.0 Å². The van der Waals surface area contributed by atoms with Gasteiger partial charge in [0.2, 0.25) is 0 Å². The molecule has 1 aliphatic heterocycles. The molecule has 1 saturated heterocycles. The molecule has 1 aromatic carbocycles. The number of likely N-dealkylation sites (tertiary alicyclic amines) is 1. The number of aromatic nitrogens is 5. The van der Waals surface area contributed by atoms with Crippen LogP contribution < -0.4 is 3.71 Å². The first kappa shape index (κ1) is 28.8. The van der Waals surface area contributed by atoms with E-state index in [9.17, 15) is 12.6 Å². The lowest BCUT2D eigenvalue weighted by Crippen LogP contribution is -2.42. The summed E-state index contributed by atoms with van der Waals surface area (Å²) in [6.45, 7) is 6.32. The fourth-order valence-corrected chi connectivity index (χ4v) is 5.32. The van der Waals surface area contributed by atoms with Crippen LogP contribution in [0, 0.1) is 11.8 Å². The van der Waals surface area contributed by atoms with Crippen LogP contribution in [-0.2, 0) is 11.8 Å². The second kappa shape index (κ2) is 12.0. The first-order valence-corrected chi connectivity index (χ1v) is 14.4. The maximum atomic E-state index is 14.2. The molecule has 1 atom stereocenters. The third-order valence-electron chi connectivity index (χ3n) is 6.53. The summed E-state index contributed by atoms with van der Waals surface area (Å²) in [6, 6.07) is 9.31. The number of aryl methyl sites for hydroxylation is 1. The Morgan fingerprint density at radius 3 is 2.54 bits per heavy atom. The number of hydrogen-bond donors (Lipinski definition) is 0. The predicted octanol–water partition coefficient (Wildman–Crippen LogP) is 6.52. The summed E-state index contributed by atoms with van der Waals surface area (Å²) < 4.78 is 37.9. The maximum Gasteiger partial charge on any atom is 0.410 e. The number of hydrogen-bond acceptors (Lipinski definition) is 8. The highest BCUT2D eigenvalue weighted by atomic mass is 32.3. The zero-order valence-electron chi connectivity index (χ0n) is 23.0. The number of ether oxygens (including phenoxy) is 1. The van der Waals surface area contributed by atoms with Crippen LogP contribution in [0.25, 0.3) is 16.8 Å². The second-order valence-corrected chi connectivity index (χ2v) is 11.9. The Bertz CT molecular complexity index is 1600. The van der Waals surface area contributed by atoms with Gasteiger partial charge in [-0.2, -0.15) is 18.4 Å². The summed E-state index contributed by atoms with van der Waals surface area (Å²) in [5, 5.41) is 8.72. The quantitative estimate of drug-likeness (QED) is 0.190. The lowest BCUT2D eigenvalue weighted by atomic mass is 9.91. The number of anilines is 1. The molecule has 0 spiro atoms. The first-order chi connectivity index (χ1) is 19.7. The lowest BCUT2D eigenvalue weighted by molar-refractivity contribution is 0.0197. The molecule has 9 nitrogen and oxygen atoms in total. The minimum absolute atomic E-state index is 0.0953. The molecule has 0 aliphatic carbocycles. The van der Waals surface area contributed by atoms with Gasteiger partial charge in [-0.15, -0.1) is 7.77 Å². The van der Waals surface area contributed by atoms with Crippen molar-refractivity contribution in [2.24, 2.45) is 7.05 Å². The van der Waals surface area contributed by atoms with Gasteiger partial charge in [0.25, 0.3) is 0 Å². The highest BCUT2D eigenvalue weighted by molar-refractivity contribution is 8.13. The average Bonchev–Trinajstić information content (AvgIpc) is 3.58. The van der Waals surface area contributed by atoms with Gasteiger partial charge >= 0.3 is 6.09 Å². The molecule has 1 aliphatic rings. The van der Waals surface area contributed by atoms with Crippen molar-refractivity contribution in [2.45, 2.75) is 45.1 Å². The van der Waals surface area contributed by atoms with Gasteiger partial charge in [0, 0.05) is 48.9 Å². The minimum Gasteiger partial charge on any atom is -0.444 e. The van der Waals surface area contributed by atoms with Gasteiger partial charge in [0.05, 0.1) is 23.7 Å². The van der Waals surface area contributed by atoms with Crippen molar-refractivity contribution in [3.63, 3.8) is 0 Å². The topological polar surface area (TPSA) is 80.8 Å². The number of carbonyl (C=O) groups excluding carboxylic acids is 1. The Morgan fingerprint density at radius 2 is 1.88 bits per heavy atom. The summed E-state index contributed by atoms with van der Waals surface area (Å²) in [4.78, 5) is 19.7. The molecular weight excluding hydrogens is 568 g/mol. The summed E-state index contributed by atoms with van der Waals surface area (Å²) in [7, 11) is 1.80. The Balaban J connectivity index is 1.71. The molecule has 0 bridgehead atoms. The molecule has 13 heteroatoms. The van der Waals surface area contributed by atoms with Gasteiger partial charge in [-0.05, 0) is 45.7 Å². The number of piperidine rings is 1. The van der Waals surface area contributed by atoms with E-state index in [1.54, 1.807) is 29.0 Å². The number of halogens is 2. The third kappa shape index (κ3) is 6.28. The highest BCUT2D eigenvalue weighted by Crippen LogP contribution is 2.40. The van der Waals surface area contributed by atoms with Crippen LogP contribution in [-0.4, -0.2) is 54.1 Å². The van der Waals surface area contributed by atoms with E-state index in [-0.39, 0.29) is 36.4 Å². The lowest BCUT2D eigenvalue weighted by Gasteiger charge is -2.34. The van der Waals surface area contributed by atoms with Crippen molar-refractivity contribution in [1.29, 1.82) is 0 Å². The summed E-state index contributed by atoms with van der Waals surface area (Å²) in [5.41, 5.74) is 2.74. The molecule has 4 heterocycles. The van der Waals surface area contributed by atoms with Crippen LogP contribution in [0.1, 0.15) is 56.4 Å². The van der Waals surface area contributed by atoms with E-state index >= 15 is 0 Å². The Kier molecular flexibility index (Phi) is 8.42. The van der Waals surface area contributed by atoms with Crippen molar-refractivity contribution in [2.75, 3.05) is 16.8 Å². The van der Waals surface area contributed by atoms with Gasteiger partial charge in [-0.25, -0.2) is 9.78 Å². The van der Waals surface area contributed by atoms with Crippen molar-refractivity contribution in [1.82, 2.24) is 29.3 Å². The zero-order chi connectivity index (χ0) is 29.1. The molecule has 214 valence electrons. The number of nitrogens with zero attached hydrogens (tertiary/aromatic N) is 7. The number of amides is 1. The van der Waals surface area contributed by atoms with Crippen molar-refractivity contribution < 1.29 is 17.3 Å². The minimum atomic E-state index is -0.645. The molecule has 1 fully saturated rings. The molecule has 4 aromatic rings. The van der Waals surface area contributed by atoms with Gasteiger partial charge < -0.3 is 9.64 Å². The zero-order valence-corrected chi connectivity index (χ0v) is 24.7. The largest absolute Gasteiger partial charge is 0.444 e. The van der Waals surface area contributed by atoms with E-state index in [1.165, 1.54) is 4.52 Å². The molecule has 0 N–H and O–H groups in total.